The molecule has 0 aliphatic carbocycles. The minimum atomic E-state index is -0.418. The van der Waals surface area contributed by atoms with Gasteiger partial charge in [0.2, 0.25) is 5.91 Å². The Morgan fingerprint density at radius 3 is 2.71 bits per heavy atom. The maximum Gasteiger partial charge on any atom is 0.322 e. The number of ether oxygens (including phenoxy) is 1. The Balaban J connectivity index is 1.54. The van der Waals surface area contributed by atoms with Crippen LogP contribution in [0.1, 0.15) is 25.7 Å². The highest BCUT2D eigenvalue weighted by atomic mass is 35.5. The predicted molar refractivity (Wildman–Crippen MR) is 92.2 cm³/mol. The monoisotopic (exact) mass is 351 g/mol. The van der Waals surface area contributed by atoms with Crippen LogP contribution in [0.15, 0.2) is 24.3 Å². The van der Waals surface area contributed by atoms with Gasteiger partial charge in [-0.2, -0.15) is 0 Å². The normalized spacial score (nSPS) is 23.3. The highest BCUT2D eigenvalue weighted by Gasteiger charge is 2.34. The molecule has 2 aliphatic rings. The fraction of sp³-hybridized carbons (Fsp3) is 0.529. The third-order valence-electron chi connectivity index (χ3n) is 4.44. The fourth-order valence-corrected chi connectivity index (χ4v) is 3.27. The molecule has 130 valence electrons. The molecule has 0 unspecified atom stereocenters. The predicted octanol–water partition coefficient (Wildman–Crippen LogP) is 2.63. The topological polar surface area (TPSA) is 70.7 Å². The second-order valence-corrected chi connectivity index (χ2v) is 6.61. The SMILES string of the molecule is O=C(NC[C@@H]1CCCO1)[C@H]1CCCN1C(=O)Nc1ccc(Cl)cc1. The number of benzene rings is 1. The van der Waals surface area contributed by atoms with Crippen molar-refractivity contribution in [3.63, 3.8) is 0 Å². The largest absolute Gasteiger partial charge is 0.376 e. The van der Waals surface area contributed by atoms with Gasteiger partial charge in [0.25, 0.3) is 0 Å². The average molecular weight is 352 g/mol. The van der Waals surface area contributed by atoms with Crippen molar-refractivity contribution in [2.24, 2.45) is 0 Å². The van der Waals surface area contributed by atoms with Crippen molar-refractivity contribution in [1.82, 2.24) is 10.2 Å². The molecule has 0 saturated carbocycles. The first-order valence-corrected chi connectivity index (χ1v) is 8.74. The fourth-order valence-electron chi connectivity index (χ4n) is 3.15. The molecule has 0 bridgehead atoms. The van der Waals surface area contributed by atoms with E-state index < -0.39 is 6.04 Å². The van der Waals surface area contributed by atoms with Gasteiger partial charge < -0.3 is 20.3 Å². The lowest BCUT2D eigenvalue weighted by molar-refractivity contribution is -0.125. The van der Waals surface area contributed by atoms with Crippen LogP contribution < -0.4 is 10.6 Å². The van der Waals surface area contributed by atoms with Crippen LogP contribution in [0.25, 0.3) is 0 Å². The van der Waals surface area contributed by atoms with E-state index in [0.29, 0.717) is 30.2 Å². The third-order valence-corrected chi connectivity index (χ3v) is 4.69. The van der Waals surface area contributed by atoms with E-state index in [1.54, 1.807) is 29.2 Å². The Hall–Kier alpha value is -1.79. The molecule has 2 heterocycles. The number of halogens is 1. The molecule has 7 heteroatoms. The average Bonchev–Trinajstić information content (AvgIpc) is 3.26. The van der Waals surface area contributed by atoms with Crippen molar-refractivity contribution >= 4 is 29.2 Å². The summed E-state index contributed by atoms with van der Waals surface area (Å²) < 4.78 is 5.51. The Morgan fingerprint density at radius 2 is 2.00 bits per heavy atom. The number of urea groups is 1. The highest BCUT2D eigenvalue weighted by molar-refractivity contribution is 6.30. The molecule has 0 spiro atoms. The van der Waals surface area contributed by atoms with Crippen molar-refractivity contribution < 1.29 is 14.3 Å². The van der Waals surface area contributed by atoms with Crippen LogP contribution in [0, 0.1) is 0 Å². The molecule has 2 aliphatic heterocycles. The number of amides is 3. The first-order valence-electron chi connectivity index (χ1n) is 8.36. The lowest BCUT2D eigenvalue weighted by atomic mass is 10.2. The van der Waals surface area contributed by atoms with E-state index in [1.807, 2.05) is 0 Å². The van der Waals surface area contributed by atoms with Crippen molar-refractivity contribution in [1.29, 1.82) is 0 Å². The smallest absolute Gasteiger partial charge is 0.322 e. The zero-order valence-electron chi connectivity index (χ0n) is 13.5. The molecule has 2 saturated heterocycles. The van der Waals surface area contributed by atoms with E-state index in [1.165, 1.54) is 0 Å². The van der Waals surface area contributed by atoms with E-state index in [4.69, 9.17) is 16.3 Å². The van der Waals surface area contributed by atoms with Crippen LogP contribution >= 0.6 is 11.6 Å². The van der Waals surface area contributed by atoms with Gasteiger partial charge in [0.1, 0.15) is 6.04 Å². The number of nitrogens with zero attached hydrogens (tertiary/aromatic N) is 1. The number of hydrogen-bond acceptors (Lipinski definition) is 3. The maximum absolute atomic E-state index is 12.5. The summed E-state index contributed by atoms with van der Waals surface area (Å²) in [5.74, 6) is -0.103. The minimum Gasteiger partial charge on any atom is -0.376 e. The summed E-state index contributed by atoms with van der Waals surface area (Å²) in [5, 5.41) is 6.35. The molecule has 6 nitrogen and oxygen atoms in total. The van der Waals surface area contributed by atoms with E-state index in [9.17, 15) is 9.59 Å². The van der Waals surface area contributed by atoms with Crippen LogP contribution in [0.2, 0.25) is 5.02 Å². The van der Waals surface area contributed by atoms with E-state index in [2.05, 4.69) is 10.6 Å². The van der Waals surface area contributed by atoms with Crippen LogP contribution in [0.3, 0.4) is 0 Å². The standard InChI is InChI=1S/C17H22ClN3O3/c18-12-5-7-13(8-6-12)20-17(23)21-9-1-4-15(21)16(22)19-11-14-3-2-10-24-14/h5-8,14-15H,1-4,9-11H2,(H,19,22)(H,20,23)/t14-,15+/m0/s1. The molecule has 0 radical (unpaired) electrons. The second-order valence-electron chi connectivity index (χ2n) is 6.17. The van der Waals surface area contributed by atoms with Crippen molar-refractivity contribution in [3.05, 3.63) is 29.3 Å². The zero-order chi connectivity index (χ0) is 16.9. The Bertz CT molecular complexity index is 587. The lowest BCUT2D eigenvalue weighted by Gasteiger charge is -2.24. The van der Waals surface area contributed by atoms with Gasteiger partial charge in [0.05, 0.1) is 6.10 Å². The molecule has 2 N–H and O–H groups in total. The Labute approximate surface area is 146 Å². The Morgan fingerprint density at radius 1 is 1.21 bits per heavy atom. The minimum absolute atomic E-state index is 0.103. The number of nitrogens with one attached hydrogen (secondary N) is 2. The number of likely N-dealkylation sites (tertiary alicyclic amines) is 1. The summed E-state index contributed by atoms with van der Waals surface area (Å²) in [5.41, 5.74) is 0.662. The molecule has 24 heavy (non-hydrogen) atoms. The first kappa shape index (κ1) is 17.0. The third kappa shape index (κ3) is 4.19. The van der Waals surface area contributed by atoms with Crippen molar-refractivity contribution in [2.45, 2.75) is 37.8 Å². The first-order chi connectivity index (χ1) is 11.6. The van der Waals surface area contributed by atoms with Gasteiger partial charge in [-0.3, -0.25) is 4.79 Å². The van der Waals surface area contributed by atoms with E-state index >= 15 is 0 Å². The summed E-state index contributed by atoms with van der Waals surface area (Å²) in [6.07, 6.45) is 3.63. The molecule has 1 aromatic carbocycles. The summed E-state index contributed by atoms with van der Waals surface area (Å²) in [7, 11) is 0. The maximum atomic E-state index is 12.5. The highest BCUT2D eigenvalue weighted by Crippen LogP contribution is 2.20. The number of carbonyl (C=O) groups excluding carboxylic acids is 2. The number of anilines is 1. The summed E-state index contributed by atoms with van der Waals surface area (Å²) in [6.45, 7) is 1.86. The molecule has 2 atom stereocenters. The summed E-state index contributed by atoms with van der Waals surface area (Å²) in [6, 6.07) is 6.23. The van der Waals surface area contributed by atoms with Crippen LogP contribution in [-0.4, -0.2) is 48.7 Å². The molecule has 3 amide bonds. The molecule has 0 aromatic heterocycles. The number of rotatable bonds is 4. The van der Waals surface area contributed by atoms with Crippen LogP contribution in [0.5, 0.6) is 0 Å². The van der Waals surface area contributed by atoms with E-state index in [0.717, 1.165) is 25.9 Å². The summed E-state index contributed by atoms with van der Waals surface area (Å²) >= 11 is 5.84. The van der Waals surface area contributed by atoms with Gasteiger partial charge in [0.15, 0.2) is 0 Å². The van der Waals surface area contributed by atoms with Gasteiger partial charge in [-0.1, -0.05) is 11.6 Å². The number of carbonyl (C=O) groups is 2. The second kappa shape index (κ2) is 7.85. The van der Waals surface area contributed by atoms with Gasteiger partial charge in [-0.15, -0.1) is 0 Å². The van der Waals surface area contributed by atoms with Crippen LogP contribution in [-0.2, 0) is 9.53 Å². The molecular formula is C17H22ClN3O3. The van der Waals surface area contributed by atoms with Gasteiger partial charge in [0, 0.05) is 30.4 Å². The zero-order valence-corrected chi connectivity index (χ0v) is 14.2. The molecular weight excluding hydrogens is 330 g/mol. The number of hydrogen-bond donors (Lipinski definition) is 2. The van der Waals surface area contributed by atoms with Crippen molar-refractivity contribution in [3.8, 4) is 0 Å². The van der Waals surface area contributed by atoms with Crippen LogP contribution in [0.4, 0.5) is 10.5 Å². The van der Waals surface area contributed by atoms with Crippen molar-refractivity contribution in [2.75, 3.05) is 25.0 Å². The lowest BCUT2D eigenvalue weighted by Crippen LogP contribution is -2.48. The quantitative estimate of drug-likeness (QED) is 0.876. The Kier molecular flexibility index (Phi) is 5.58. The molecule has 3 rings (SSSR count). The molecule has 2 fully saturated rings. The molecule has 1 aromatic rings. The van der Waals surface area contributed by atoms with Gasteiger partial charge in [-0.05, 0) is 49.9 Å². The van der Waals surface area contributed by atoms with Gasteiger partial charge in [-0.25, -0.2) is 4.79 Å². The van der Waals surface area contributed by atoms with Gasteiger partial charge >= 0.3 is 6.03 Å². The summed E-state index contributed by atoms with van der Waals surface area (Å²) in [4.78, 5) is 26.5. The van der Waals surface area contributed by atoms with E-state index in [-0.39, 0.29) is 18.0 Å².